The van der Waals surface area contributed by atoms with Gasteiger partial charge in [-0.3, -0.25) is 10.1 Å². The molecule has 0 bridgehead atoms. The maximum absolute atomic E-state index is 12.1. The Morgan fingerprint density at radius 3 is 2.68 bits per heavy atom. The van der Waals surface area contributed by atoms with Crippen LogP contribution in [0.5, 0.6) is 11.5 Å². The summed E-state index contributed by atoms with van der Waals surface area (Å²) in [4.78, 5) is 44.2. The van der Waals surface area contributed by atoms with Gasteiger partial charge in [-0.25, -0.2) is 19.1 Å². The lowest BCUT2D eigenvalue weighted by Crippen LogP contribution is -2.37. The maximum atomic E-state index is 12.1. The average molecular weight is 426 g/mol. The molecular formula is C19H18N6O6. The SMILES string of the molecule is Cc1cc(C)n2nc(C(=O)OCC(=O)NC(=O)Nc3ccc4c(c3)OCCO4)nc2n1. The van der Waals surface area contributed by atoms with Crippen molar-refractivity contribution in [2.75, 3.05) is 25.1 Å². The number of benzene rings is 1. The Morgan fingerprint density at radius 1 is 1.10 bits per heavy atom. The lowest BCUT2D eigenvalue weighted by Gasteiger charge is -2.19. The van der Waals surface area contributed by atoms with Crippen molar-refractivity contribution in [2.45, 2.75) is 13.8 Å². The molecule has 0 atom stereocenters. The van der Waals surface area contributed by atoms with Crippen molar-refractivity contribution in [3.63, 3.8) is 0 Å². The van der Waals surface area contributed by atoms with Crippen LogP contribution >= 0.6 is 0 Å². The fourth-order valence-electron chi connectivity index (χ4n) is 2.89. The predicted molar refractivity (Wildman–Crippen MR) is 105 cm³/mol. The Hall–Kier alpha value is -4.22. The smallest absolute Gasteiger partial charge is 0.378 e. The molecule has 0 unspecified atom stereocenters. The third-order valence-electron chi connectivity index (χ3n) is 4.19. The molecule has 0 fully saturated rings. The highest BCUT2D eigenvalue weighted by molar-refractivity contribution is 6.02. The molecule has 3 heterocycles. The van der Waals surface area contributed by atoms with Gasteiger partial charge >= 0.3 is 12.0 Å². The first kappa shape index (κ1) is 20.1. The molecule has 31 heavy (non-hydrogen) atoms. The van der Waals surface area contributed by atoms with Crippen LogP contribution in [-0.2, 0) is 9.53 Å². The van der Waals surface area contributed by atoms with Gasteiger partial charge in [0.15, 0.2) is 18.1 Å². The van der Waals surface area contributed by atoms with Crippen LogP contribution in [0.3, 0.4) is 0 Å². The number of carbonyl (C=O) groups is 3. The molecule has 0 spiro atoms. The van der Waals surface area contributed by atoms with Gasteiger partial charge in [-0.05, 0) is 32.0 Å². The quantitative estimate of drug-likeness (QED) is 0.584. The second-order valence-corrected chi connectivity index (χ2v) is 6.62. The Kier molecular flexibility index (Phi) is 5.35. The number of ether oxygens (including phenoxy) is 3. The molecule has 1 aromatic carbocycles. The Labute approximate surface area is 175 Å². The van der Waals surface area contributed by atoms with E-state index in [1.165, 1.54) is 4.52 Å². The number of fused-ring (bicyclic) bond motifs is 2. The van der Waals surface area contributed by atoms with Crippen LogP contribution in [0.1, 0.15) is 22.0 Å². The first-order valence-electron chi connectivity index (χ1n) is 9.27. The van der Waals surface area contributed by atoms with Crippen LogP contribution in [0.15, 0.2) is 24.3 Å². The van der Waals surface area contributed by atoms with Crippen molar-refractivity contribution >= 4 is 29.4 Å². The predicted octanol–water partition coefficient (Wildman–Crippen LogP) is 1.02. The molecule has 3 aromatic rings. The van der Waals surface area contributed by atoms with E-state index in [1.807, 2.05) is 0 Å². The fraction of sp³-hybridized carbons (Fsp3) is 0.263. The highest BCUT2D eigenvalue weighted by Crippen LogP contribution is 2.32. The topological polar surface area (TPSA) is 146 Å². The normalized spacial score (nSPS) is 12.3. The average Bonchev–Trinajstić information content (AvgIpc) is 3.16. The molecule has 1 aliphatic rings. The van der Waals surface area contributed by atoms with Gasteiger partial charge in [-0.15, -0.1) is 5.10 Å². The molecule has 1 aliphatic heterocycles. The second kappa shape index (κ2) is 8.26. The van der Waals surface area contributed by atoms with E-state index in [0.717, 1.165) is 11.4 Å². The van der Waals surface area contributed by atoms with Crippen LogP contribution in [-0.4, -0.2) is 57.3 Å². The van der Waals surface area contributed by atoms with Crippen LogP contribution in [0.2, 0.25) is 0 Å². The largest absolute Gasteiger partial charge is 0.486 e. The maximum Gasteiger partial charge on any atom is 0.378 e. The van der Waals surface area contributed by atoms with Crippen LogP contribution in [0.4, 0.5) is 10.5 Å². The van der Waals surface area contributed by atoms with Gasteiger partial charge in [0.2, 0.25) is 0 Å². The van der Waals surface area contributed by atoms with Crippen LogP contribution < -0.4 is 20.1 Å². The van der Waals surface area contributed by atoms with Crippen molar-refractivity contribution in [1.29, 1.82) is 0 Å². The van der Waals surface area contributed by atoms with E-state index in [-0.39, 0.29) is 11.6 Å². The van der Waals surface area contributed by atoms with E-state index in [4.69, 9.17) is 14.2 Å². The molecule has 0 radical (unpaired) electrons. The molecule has 0 saturated carbocycles. The van der Waals surface area contributed by atoms with E-state index in [0.29, 0.717) is 30.4 Å². The first-order valence-corrected chi connectivity index (χ1v) is 9.27. The van der Waals surface area contributed by atoms with Gasteiger partial charge in [0.1, 0.15) is 13.2 Å². The fourth-order valence-corrected chi connectivity index (χ4v) is 2.89. The molecule has 3 amide bonds. The summed E-state index contributed by atoms with van der Waals surface area (Å²) in [5.74, 6) is -0.671. The zero-order valence-corrected chi connectivity index (χ0v) is 16.7. The number of carbonyl (C=O) groups excluding carboxylic acids is 3. The summed E-state index contributed by atoms with van der Waals surface area (Å²) >= 11 is 0. The third kappa shape index (κ3) is 4.52. The van der Waals surface area contributed by atoms with Gasteiger partial charge in [0.25, 0.3) is 17.5 Å². The van der Waals surface area contributed by atoms with Crippen LogP contribution in [0, 0.1) is 13.8 Å². The number of nitrogens with one attached hydrogen (secondary N) is 2. The van der Waals surface area contributed by atoms with Crippen molar-refractivity contribution in [3.05, 3.63) is 41.5 Å². The zero-order valence-electron chi connectivity index (χ0n) is 16.7. The van der Waals surface area contributed by atoms with Crippen molar-refractivity contribution in [1.82, 2.24) is 24.9 Å². The highest BCUT2D eigenvalue weighted by atomic mass is 16.6. The number of rotatable bonds is 4. The summed E-state index contributed by atoms with van der Waals surface area (Å²) in [5, 5.41) is 8.57. The van der Waals surface area contributed by atoms with Gasteiger partial charge in [0, 0.05) is 23.1 Å². The monoisotopic (exact) mass is 426 g/mol. The molecule has 160 valence electrons. The summed E-state index contributed by atoms with van der Waals surface area (Å²) in [6.07, 6.45) is 0. The van der Waals surface area contributed by atoms with Crippen molar-refractivity contribution < 1.29 is 28.6 Å². The third-order valence-corrected chi connectivity index (χ3v) is 4.19. The number of hydrogen-bond acceptors (Lipinski definition) is 9. The van der Waals surface area contributed by atoms with Crippen molar-refractivity contribution in [3.8, 4) is 11.5 Å². The number of aryl methyl sites for hydroxylation is 2. The summed E-state index contributed by atoms with van der Waals surface area (Å²) < 4.78 is 17.1. The lowest BCUT2D eigenvalue weighted by atomic mass is 10.2. The van der Waals surface area contributed by atoms with Gasteiger partial charge in [-0.2, -0.15) is 4.98 Å². The van der Waals surface area contributed by atoms with Gasteiger partial charge in [0.05, 0.1) is 0 Å². The summed E-state index contributed by atoms with van der Waals surface area (Å²) in [6, 6.07) is 5.81. The van der Waals surface area contributed by atoms with E-state index in [2.05, 4.69) is 25.7 Å². The molecular weight excluding hydrogens is 408 g/mol. The van der Waals surface area contributed by atoms with Crippen LogP contribution in [0.25, 0.3) is 5.78 Å². The number of hydrogen-bond donors (Lipinski definition) is 2. The summed E-state index contributed by atoms with van der Waals surface area (Å²) in [7, 11) is 0. The number of aromatic nitrogens is 4. The Morgan fingerprint density at radius 2 is 1.87 bits per heavy atom. The molecule has 0 aliphatic carbocycles. The van der Waals surface area contributed by atoms with Gasteiger partial charge in [-0.1, -0.05) is 0 Å². The molecule has 2 aromatic heterocycles. The Bertz CT molecular complexity index is 1190. The summed E-state index contributed by atoms with van der Waals surface area (Å²) in [6.45, 7) is 3.75. The minimum absolute atomic E-state index is 0.241. The minimum atomic E-state index is -0.912. The van der Waals surface area contributed by atoms with E-state index >= 15 is 0 Å². The Balaban J connectivity index is 1.30. The number of amides is 3. The number of anilines is 1. The molecule has 12 nitrogen and oxygen atoms in total. The summed E-state index contributed by atoms with van der Waals surface area (Å²) in [5.41, 5.74) is 1.86. The minimum Gasteiger partial charge on any atom is -0.486 e. The first-order chi connectivity index (χ1) is 14.9. The molecule has 4 rings (SSSR count). The number of imide groups is 1. The molecule has 0 saturated heterocycles. The molecule has 12 heteroatoms. The lowest BCUT2D eigenvalue weighted by molar-refractivity contribution is -0.123. The van der Waals surface area contributed by atoms with Crippen molar-refractivity contribution in [2.24, 2.45) is 0 Å². The zero-order chi connectivity index (χ0) is 22.0. The second-order valence-electron chi connectivity index (χ2n) is 6.62. The van der Waals surface area contributed by atoms with E-state index in [9.17, 15) is 14.4 Å². The highest BCUT2D eigenvalue weighted by Gasteiger charge is 2.19. The molecule has 2 N–H and O–H groups in total. The number of urea groups is 1. The van der Waals surface area contributed by atoms with E-state index in [1.54, 1.807) is 38.1 Å². The van der Waals surface area contributed by atoms with Gasteiger partial charge < -0.3 is 19.5 Å². The van der Waals surface area contributed by atoms with E-state index < -0.39 is 24.5 Å². The standard InChI is InChI=1S/C19H18N6O6/c1-10-7-11(2)25-18(20-10)23-16(24-25)17(27)31-9-15(26)22-19(28)21-12-3-4-13-14(8-12)30-6-5-29-13/h3-4,7-8H,5-6,9H2,1-2H3,(H2,21,22,26,28). The number of esters is 1. The number of nitrogens with zero attached hydrogens (tertiary/aromatic N) is 4.